The number of hydrogen-bond acceptors (Lipinski definition) is 2. The molecule has 0 atom stereocenters. The van der Waals surface area contributed by atoms with Crippen LogP contribution in [0, 0.1) is 0 Å². The van der Waals surface area contributed by atoms with Gasteiger partial charge in [0.25, 0.3) is 0 Å². The number of hydrogen-bond donors (Lipinski definition) is 1. The van der Waals surface area contributed by atoms with Crippen LogP contribution in [0.1, 0.15) is 20.3 Å². The molecule has 0 aliphatic heterocycles. The molecular formula is C8H17NO. The molecule has 0 aliphatic rings. The lowest BCUT2D eigenvalue weighted by Gasteiger charge is -2.21. The van der Waals surface area contributed by atoms with Crippen molar-refractivity contribution in [2.24, 2.45) is 0 Å². The Morgan fingerprint density at radius 2 is 2.20 bits per heavy atom. The molecule has 0 aliphatic carbocycles. The summed E-state index contributed by atoms with van der Waals surface area (Å²) in [5.74, 6) is 0. The van der Waals surface area contributed by atoms with Crippen LogP contribution in [-0.2, 0) is 0 Å². The Bertz CT molecular complexity index is 101. The van der Waals surface area contributed by atoms with E-state index in [0.29, 0.717) is 0 Å². The largest absolute Gasteiger partial charge is 0.396 e. The molecule has 0 unspecified atom stereocenters. The number of nitrogens with zero attached hydrogens (tertiary/aromatic N) is 1. The molecule has 10 heavy (non-hydrogen) atoms. The van der Waals surface area contributed by atoms with Crippen molar-refractivity contribution in [3.8, 4) is 0 Å². The second kappa shape index (κ2) is 5.30. The van der Waals surface area contributed by atoms with Crippen molar-refractivity contribution in [1.82, 2.24) is 4.90 Å². The van der Waals surface area contributed by atoms with Crippen LogP contribution in [0.2, 0.25) is 0 Å². The van der Waals surface area contributed by atoms with Gasteiger partial charge < -0.3 is 10.0 Å². The van der Waals surface area contributed by atoms with Gasteiger partial charge >= 0.3 is 0 Å². The van der Waals surface area contributed by atoms with E-state index in [9.17, 15) is 0 Å². The van der Waals surface area contributed by atoms with Gasteiger partial charge in [-0.15, -0.1) is 0 Å². The van der Waals surface area contributed by atoms with Crippen LogP contribution in [-0.4, -0.2) is 29.7 Å². The van der Waals surface area contributed by atoms with Crippen LogP contribution in [0.15, 0.2) is 12.3 Å². The van der Waals surface area contributed by atoms with E-state index < -0.39 is 0 Å². The van der Waals surface area contributed by atoms with Crippen LogP contribution in [0.25, 0.3) is 0 Å². The number of aliphatic hydroxyl groups is 1. The van der Waals surface area contributed by atoms with E-state index in [4.69, 9.17) is 5.11 Å². The van der Waals surface area contributed by atoms with E-state index in [1.165, 1.54) is 0 Å². The monoisotopic (exact) mass is 143 g/mol. The van der Waals surface area contributed by atoms with Gasteiger partial charge in [0, 0.05) is 25.4 Å². The third-order valence-electron chi connectivity index (χ3n) is 1.51. The molecule has 0 aromatic carbocycles. The quantitative estimate of drug-likeness (QED) is 0.625. The summed E-state index contributed by atoms with van der Waals surface area (Å²) in [6.45, 7) is 10.1. The smallest absolute Gasteiger partial charge is 0.0447 e. The molecule has 1 N–H and O–H groups in total. The zero-order valence-corrected chi connectivity index (χ0v) is 6.93. The van der Waals surface area contributed by atoms with Crippen molar-refractivity contribution in [1.29, 1.82) is 0 Å². The van der Waals surface area contributed by atoms with Crippen molar-refractivity contribution in [2.75, 3.05) is 19.7 Å². The molecule has 0 aromatic heterocycles. The van der Waals surface area contributed by atoms with Crippen LogP contribution in [0.3, 0.4) is 0 Å². The highest BCUT2D eigenvalue weighted by Crippen LogP contribution is 1.99. The first-order valence-corrected chi connectivity index (χ1v) is 3.73. The van der Waals surface area contributed by atoms with Crippen molar-refractivity contribution >= 4 is 0 Å². The Hall–Kier alpha value is -0.500. The number of aliphatic hydroxyl groups excluding tert-OH is 1. The first-order valence-electron chi connectivity index (χ1n) is 3.73. The lowest BCUT2D eigenvalue weighted by atomic mass is 10.3. The van der Waals surface area contributed by atoms with Crippen molar-refractivity contribution in [2.45, 2.75) is 20.3 Å². The highest BCUT2D eigenvalue weighted by molar-refractivity contribution is 4.87. The SMILES string of the molecule is C=C(C)N(CC)CCCO. The van der Waals surface area contributed by atoms with Gasteiger partial charge in [0.05, 0.1) is 0 Å². The predicted molar refractivity (Wildman–Crippen MR) is 43.8 cm³/mol. The summed E-state index contributed by atoms with van der Waals surface area (Å²) in [7, 11) is 0. The van der Waals surface area contributed by atoms with Crippen molar-refractivity contribution in [3.05, 3.63) is 12.3 Å². The summed E-state index contributed by atoms with van der Waals surface area (Å²) in [5.41, 5.74) is 1.08. The van der Waals surface area contributed by atoms with Crippen molar-refractivity contribution < 1.29 is 5.11 Å². The zero-order chi connectivity index (χ0) is 7.98. The minimum atomic E-state index is 0.268. The lowest BCUT2D eigenvalue weighted by molar-refractivity contribution is 0.255. The molecule has 2 nitrogen and oxygen atoms in total. The van der Waals surface area contributed by atoms with Gasteiger partial charge in [-0.1, -0.05) is 6.58 Å². The Morgan fingerprint density at radius 1 is 1.60 bits per heavy atom. The fraction of sp³-hybridized carbons (Fsp3) is 0.750. The summed E-state index contributed by atoms with van der Waals surface area (Å²) in [4.78, 5) is 2.15. The molecule has 0 fully saturated rings. The van der Waals surface area contributed by atoms with E-state index in [-0.39, 0.29) is 6.61 Å². The molecule has 60 valence electrons. The average molecular weight is 143 g/mol. The molecule has 0 rings (SSSR count). The maximum Gasteiger partial charge on any atom is 0.0447 e. The van der Waals surface area contributed by atoms with Crippen LogP contribution >= 0.6 is 0 Å². The number of rotatable bonds is 5. The molecule has 2 heteroatoms. The molecule has 0 aromatic rings. The highest BCUT2D eigenvalue weighted by Gasteiger charge is 1.97. The van der Waals surface area contributed by atoms with Gasteiger partial charge in [-0.2, -0.15) is 0 Å². The summed E-state index contributed by atoms with van der Waals surface area (Å²) in [6.07, 6.45) is 0.834. The highest BCUT2D eigenvalue weighted by atomic mass is 16.3. The molecule has 0 spiro atoms. The normalized spacial score (nSPS) is 9.50. The Balaban J connectivity index is 3.50. The molecular weight excluding hydrogens is 126 g/mol. The lowest BCUT2D eigenvalue weighted by Crippen LogP contribution is -2.22. The Kier molecular flexibility index (Phi) is 5.03. The van der Waals surface area contributed by atoms with E-state index in [1.54, 1.807) is 0 Å². The molecule has 0 bridgehead atoms. The molecule has 0 saturated carbocycles. The minimum absolute atomic E-state index is 0.268. The Labute approximate surface area is 63.2 Å². The first kappa shape index (κ1) is 9.50. The standard InChI is InChI=1S/C8H17NO/c1-4-9(8(2)3)6-5-7-10/h10H,2,4-7H2,1,3H3. The van der Waals surface area contributed by atoms with Gasteiger partial charge in [0.15, 0.2) is 0 Å². The summed E-state index contributed by atoms with van der Waals surface area (Å²) < 4.78 is 0. The van der Waals surface area contributed by atoms with Gasteiger partial charge in [-0.25, -0.2) is 0 Å². The summed E-state index contributed by atoms with van der Waals surface area (Å²) in [6, 6.07) is 0. The average Bonchev–Trinajstić information content (AvgIpc) is 1.89. The van der Waals surface area contributed by atoms with Gasteiger partial charge in [0.1, 0.15) is 0 Å². The van der Waals surface area contributed by atoms with Crippen LogP contribution < -0.4 is 0 Å². The van der Waals surface area contributed by atoms with E-state index in [1.807, 2.05) is 6.92 Å². The van der Waals surface area contributed by atoms with Gasteiger partial charge in [-0.05, 0) is 20.3 Å². The van der Waals surface area contributed by atoms with E-state index in [0.717, 1.165) is 25.2 Å². The zero-order valence-electron chi connectivity index (χ0n) is 6.93. The topological polar surface area (TPSA) is 23.5 Å². The molecule has 0 radical (unpaired) electrons. The maximum absolute atomic E-state index is 8.54. The van der Waals surface area contributed by atoms with Gasteiger partial charge in [-0.3, -0.25) is 0 Å². The third-order valence-corrected chi connectivity index (χ3v) is 1.51. The van der Waals surface area contributed by atoms with Crippen LogP contribution in [0.5, 0.6) is 0 Å². The van der Waals surface area contributed by atoms with E-state index in [2.05, 4.69) is 18.4 Å². The third kappa shape index (κ3) is 3.51. The second-order valence-electron chi connectivity index (χ2n) is 2.39. The van der Waals surface area contributed by atoms with E-state index >= 15 is 0 Å². The summed E-state index contributed by atoms with van der Waals surface area (Å²) >= 11 is 0. The number of allylic oxidation sites excluding steroid dienone is 1. The molecule has 0 saturated heterocycles. The summed E-state index contributed by atoms with van der Waals surface area (Å²) in [5, 5.41) is 8.54. The van der Waals surface area contributed by atoms with Gasteiger partial charge in [0.2, 0.25) is 0 Å². The first-order chi connectivity index (χ1) is 4.72. The fourth-order valence-electron chi connectivity index (χ4n) is 0.880. The maximum atomic E-state index is 8.54. The van der Waals surface area contributed by atoms with Crippen LogP contribution in [0.4, 0.5) is 0 Å². The molecule has 0 heterocycles. The second-order valence-corrected chi connectivity index (χ2v) is 2.39. The molecule has 0 amide bonds. The van der Waals surface area contributed by atoms with Crippen molar-refractivity contribution in [3.63, 3.8) is 0 Å². The predicted octanol–water partition coefficient (Wildman–Crippen LogP) is 1.22. The Morgan fingerprint density at radius 3 is 2.50 bits per heavy atom. The minimum Gasteiger partial charge on any atom is -0.396 e. The fourth-order valence-corrected chi connectivity index (χ4v) is 0.880.